The summed E-state index contributed by atoms with van der Waals surface area (Å²) in [6.45, 7) is 3.15. The first kappa shape index (κ1) is 25.9. The molecule has 0 atom stereocenters. The van der Waals surface area contributed by atoms with Gasteiger partial charge in [0.1, 0.15) is 6.54 Å². The summed E-state index contributed by atoms with van der Waals surface area (Å²) in [5.41, 5.74) is 5.84. The summed E-state index contributed by atoms with van der Waals surface area (Å²) < 4.78 is 25.5. The van der Waals surface area contributed by atoms with Gasteiger partial charge in [0.25, 0.3) is 11.8 Å². The second-order valence-corrected chi connectivity index (χ2v) is 10.2. The van der Waals surface area contributed by atoms with Gasteiger partial charge >= 0.3 is 0 Å². The molecule has 3 aromatic carbocycles. The molecule has 0 fully saturated rings. The van der Waals surface area contributed by atoms with Crippen LogP contribution in [0.15, 0.2) is 77.9 Å². The number of nitrogens with one attached hydrogen (secondary N) is 2. The van der Waals surface area contributed by atoms with E-state index in [4.69, 9.17) is 11.6 Å². The van der Waals surface area contributed by atoms with Crippen molar-refractivity contribution in [3.8, 4) is 0 Å². The fourth-order valence-corrected chi connectivity index (χ4v) is 4.19. The maximum atomic E-state index is 12.5. The summed E-state index contributed by atoms with van der Waals surface area (Å²) in [6, 6.07) is 20.4. The Morgan fingerprint density at radius 2 is 1.63 bits per heavy atom. The second kappa shape index (κ2) is 11.2. The number of aryl methyl sites for hydroxylation is 1. The Morgan fingerprint density at radius 3 is 2.29 bits per heavy atom. The lowest BCUT2D eigenvalue weighted by Gasteiger charge is -2.21. The molecule has 2 N–H and O–H groups in total. The molecule has 35 heavy (non-hydrogen) atoms. The zero-order valence-corrected chi connectivity index (χ0v) is 21.0. The largest absolute Gasteiger partial charge is 0.322 e. The molecule has 0 aliphatic rings. The average molecular weight is 513 g/mol. The lowest BCUT2D eigenvalue weighted by molar-refractivity contribution is -0.119. The molecule has 3 rings (SSSR count). The van der Waals surface area contributed by atoms with Crippen LogP contribution in [-0.4, -0.2) is 38.7 Å². The zero-order valence-electron chi connectivity index (χ0n) is 19.4. The molecule has 0 bridgehead atoms. The minimum Gasteiger partial charge on any atom is -0.322 e. The summed E-state index contributed by atoms with van der Waals surface area (Å²) in [5.74, 6) is -0.912. The van der Waals surface area contributed by atoms with Crippen LogP contribution in [0, 0.1) is 6.92 Å². The van der Waals surface area contributed by atoms with Crippen molar-refractivity contribution in [1.82, 2.24) is 5.43 Å². The number of halogens is 1. The van der Waals surface area contributed by atoms with Gasteiger partial charge in [-0.1, -0.05) is 47.5 Å². The molecular weight excluding hydrogens is 488 g/mol. The normalized spacial score (nSPS) is 11.6. The minimum absolute atomic E-state index is 0.315. The average Bonchev–Trinajstić information content (AvgIpc) is 2.81. The van der Waals surface area contributed by atoms with Crippen molar-refractivity contribution in [1.29, 1.82) is 0 Å². The molecule has 182 valence electrons. The van der Waals surface area contributed by atoms with Crippen LogP contribution in [0.5, 0.6) is 0 Å². The summed E-state index contributed by atoms with van der Waals surface area (Å²) in [5, 5.41) is 7.35. The third kappa shape index (κ3) is 7.40. The Morgan fingerprint density at radius 1 is 0.971 bits per heavy atom. The number of benzene rings is 3. The topological polar surface area (TPSA) is 108 Å². The predicted octanol–water partition coefficient (Wildman–Crippen LogP) is 4.21. The molecule has 0 saturated carbocycles. The van der Waals surface area contributed by atoms with Crippen molar-refractivity contribution in [2.24, 2.45) is 5.10 Å². The molecule has 10 heteroatoms. The Balaban J connectivity index is 1.68. The molecule has 3 aromatic rings. The fourth-order valence-electron chi connectivity index (χ4n) is 3.14. The quantitative estimate of drug-likeness (QED) is 0.348. The van der Waals surface area contributed by atoms with Gasteiger partial charge in [-0.05, 0) is 61.9 Å². The van der Waals surface area contributed by atoms with Gasteiger partial charge in [0.15, 0.2) is 0 Å². The Kier molecular flexibility index (Phi) is 8.26. The SMILES string of the molecule is C/C(=N/NC(=O)CN(c1ccc(C)cc1)S(C)(=O)=O)c1cccc(NC(=O)c2cccc(Cl)c2)c1. The van der Waals surface area contributed by atoms with Gasteiger partial charge in [0, 0.05) is 16.3 Å². The molecule has 0 saturated heterocycles. The molecule has 0 aromatic heterocycles. The second-order valence-electron chi connectivity index (χ2n) is 7.88. The van der Waals surface area contributed by atoms with Crippen LogP contribution in [0.4, 0.5) is 11.4 Å². The molecule has 0 unspecified atom stereocenters. The van der Waals surface area contributed by atoms with Crippen molar-refractivity contribution in [2.75, 3.05) is 22.4 Å². The third-order valence-corrected chi connectivity index (χ3v) is 6.36. The lowest BCUT2D eigenvalue weighted by Crippen LogP contribution is -2.39. The summed E-state index contributed by atoms with van der Waals surface area (Å²) in [6.07, 6.45) is 1.04. The van der Waals surface area contributed by atoms with Gasteiger partial charge in [-0.3, -0.25) is 13.9 Å². The van der Waals surface area contributed by atoms with E-state index in [1.54, 1.807) is 79.7 Å². The maximum absolute atomic E-state index is 12.5. The van der Waals surface area contributed by atoms with Gasteiger partial charge in [0.2, 0.25) is 10.0 Å². The smallest absolute Gasteiger partial charge is 0.260 e. The molecular formula is C25H25ClN4O4S. The van der Waals surface area contributed by atoms with Crippen molar-refractivity contribution in [3.05, 3.63) is 94.5 Å². The van der Waals surface area contributed by atoms with E-state index in [1.807, 2.05) is 6.92 Å². The molecule has 0 spiro atoms. The van der Waals surface area contributed by atoms with Crippen LogP contribution in [0.1, 0.15) is 28.4 Å². The maximum Gasteiger partial charge on any atom is 0.260 e. The van der Waals surface area contributed by atoms with Crippen LogP contribution >= 0.6 is 11.6 Å². The van der Waals surface area contributed by atoms with Gasteiger partial charge in [-0.2, -0.15) is 5.10 Å². The number of hydrazone groups is 1. The first-order valence-electron chi connectivity index (χ1n) is 10.6. The Hall–Kier alpha value is -3.69. The number of rotatable bonds is 8. The molecule has 0 aliphatic carbocycles. The lowest BCUT2D eigenvalue weighted by atomic mass is 10.1. The minimum atomic E-state index is -3.68. The summed E-state index contributed by atoms with van der Waals surface area (Å²) >= 11 is 5.95. The number of amides is 2. The van der Waals surface area contributed by atoms with Gasteiger partial charge in [-0.25, -0.2) is 13.8 Å². The number of hydrogen-bond acceptors (Lipinski definition) is 5. The first-order chi connectivity index (χ1) is 16.5. The van der Waals surface area contributed by atoms with Crippen LogP contribution in [0.2, 0.25) is 5.02 Å². The number of anilines is 2. The van der Waals surface area contributed by atoms with Crippen LogP contribution in [-0.2, 0) is 14.8 Å². The van der Waals surface area contributed by atoms with Gasteiger partial charge < -0.3 is 5.32 Å². The van der Waals surface area contributed by atoms with Crippen molar-refractivity contribution >= 4 is 50.5 Å². The van der Waals surface area contributed by atoms with E-state index >= 15 is 0 Å². The number of nitrogens with zero attached hydrogens (tertiary/aromatic N) is 2. The number of carbonyl (C=O) groups is 2. The van der Waals surface area contributed by atoms with E-state index < -0.39 is 22.5 Å². The highest BCUT2D eigenvalue weighted by atomic mass is 35.5. The van der Waals surface area contributed by atoms with Crippen LogP contribution < -0.4 is 15.0 Å². The fraction of sp³-hybridized carbons (Fsp3) is 0.160. The first-order valence-corrected chi connectivity index (χ1v) is 12.8. The van der Waals surface area contributed by atoms with E-state index in [0.717, 1.165) is 16.1 Å². The van der Waals surface area contributed by atoms with Crippen molar-refractivity contribution in [3.63, 3.8) is 0 Å². The van der Waals surface area contributed by atoms with Crippen LogP contribution in [0.25, 0.3) is 0 Å². The molecule has 0 heterocycles. The van der Waals surface area contributed by atoms with E-state index in [0.29, 0.717) is 33.2 Å². The highest BCUT2D eigenvalue weighted by Crippen LogP contribution is 2.18. The molecule has 0 radical (unpaired) electrons. The Bertz CT molecular complexity index is 1370. The standard InChI is InChI=1S/C25H25ClN4O4S/c1-17-10-12-23(13-11-17)30(35(3,33)34)16-24(31)29-28-18(2)19-6-5-9-22(15-19)27-25(32)20-7-4-8-21(26)14-20/h4-15H,16H2,1-3H3,(H,27,32)(H,29,31)/b28-18-. The van der Waals surface area contributed by atoms with E-state index in [9.17, 15) is 18.0 Å². The highest BCUT2D eigenvalue weighted by molar-refractivity contribution is 7.92. The van der Waals surface area contributed by atoms with Crippen molar-refractivity contribution < 1.29 is 18.0 Å². The molecule has 8 nitrogen and oxygen atoms in total. The van der Waals surface area contributed by atoms with E-state index in [-0.39, 0.29) is 5.91 Å². The highest BCUT2D eigenvalue weighted by Gasteiger charge is 2.20. The Labute approximate surface area is 209 Å². The third-order valence-electron chi connectivity index (χ3n) is 4.98. The monoisotopic (exact) mass is 512 g/mol. The predicted molar refractivity (Wildman–Crippen MR) is 140 cm³/mol. The van der Waals surface area contributed by atoms with Crippen molar-refractivity contribution in [2.45, 2.75) is 13.8 Å². The molecule has 0 aliphatic heterocycles. The summed E-state index contributed by atoms with van der Waals surface area (Å²) in [7, 11) is -3.68. The van der Waals surface area contributed by atoms with Gasteiger partial charge in [0.05, 0.1) is 17.7 Å². The molecule has 2 amide bonds. The number of sulfonamides is 1. The van der Waals surface area contributed by atoms with Crippen LogP contribution in [0.3, 0.4) is 0 Å². The van der Waals surface area contributed by atoms with Gasteiger partial charge in [-0.15, -0.1) is 0 Å². The number of hydrogen-bond donors (Lipinski definition) is 2. The summed E-state index contributed by atoms with van der Waals surface area (Å²) in [4.78, 5) is 25.0. The van der Waals surface area contributed by atoms with E-state index in [2.05, 4.69) is 15.8 Å². The van der Waals surface area contributed by atoms with E-state index in [1.165, 1.54) is 0 Å². The number of carbonyl (C=O) groups excluding carboxylic acids is 2. The zero-order chi connectivity index (χ0) is 25.6.